The summed E-state index contributed by atoms with van der Waals surface area (Å²) in [5.41, 5.74) is 2.54. The second kappa shape index (κ2) is 7.31. The fraction of sp³-hybridized carbons (Fsp3) is 0.429. The number of carbonyl (C=O) groups excluding carboxylic acids is 1. The molecule has 2 aliphatic heterocycles. The molecule has 0 bridgehead atoms. The maximum absolute atomic E-state index is 13.2. The van der Waals surface area contributed by atoms with Crippen LogP contribution in [0.1, 0.15) is 29.8 Å². The first-order valence-electron chi connectivity index (χ1n) is 9.94. The van der Waals surface area contributed by atoms with E-state index in [-0.39, 0.29) is 11.9 Å². The summed E-state index contributed by atoms with van der Waals surface area (Å²) >= 11 is 1.48. The molecule has 2 aliphatic rings. The predicted octanol–water partition coefficient (Wildman–Crippen LogP) is 2.73. The molecule has 6 nitrogen and oxygen atoms in total. The molecule has 0 aliphatic carbocycles. The zero-order valence-electron chi connectivity index (χ0n) is 15.7. The van der Waals surface area contributed by atoms with Gasteiger partial charge in [-0.25, -0.2) is 4.98 Å². The normalized spacial score (nSPS) is 23.5. The van der Waals surface area contributed by atoms with Gasteiger partial charge in [0.2, 0.25) is 0 Å². The van der Waals surface area contributed by atoms with Crippen LogP contribution in [0.2, 0.25) is 0 Å². The summed E-state index contributed by atoms with van der Waals surface area (Å²) in [6.07, 6.45) is 5.08. The highest BCUT2D eigenvalue weighted by Crippen LogP contribution is 2.26. The number of fused-ring (bicyclic) bond motifs is 1. The molecule has 0 radical (unpaired) electrons. The molecule has 0 spiro atoms. The standard InChI is InChI=1S/C21H24N4O2S/c26-19-13-24(12-17(19)23-9-5-2-6-10-23)20(27)18-14-28-21-22-16(11-25(18)21)15-7-3-1-4-8-15/h1,3-4,7-8,11,14,17,19,26H,2,5-6,9-10,12-13H2/t17-,19-/m1/s1. The van der Waals surface area contributed by atoms with E-state index in [1.165, 1.54) is 30.6 Å². The number of aliphatic hydroxyl groups excluding tert-OH is 1. The summed E-state index contributed by atoms with van der Waals surface area (Å²) in [5, 5.41) is 12.4. The average molecular weight is 397 g/mol. The van der Waals surface area contributed by atoms with Gasteiger partial charge in [-0.3, -0.25) is 14.1 Å². The van der Waals surface area contributed by atoms with Gasteiger partial charge in [-0.15, -0.1) is 11.3 Å². The number of carbonyl (C=O) groups is 1. The quantitative estimate of drug-likeness (QED) is 0.740. The van der Waals surface area contributed by atoms with Crippen molar-refractivity contribution in [1.29, 1.82) is 0 Å². The first-order chi connectivity index (χ1) is 13.7. The van der Waals surface area contributed by atoms with Crippen molar-refractivity contribution in [3.8, 4) is 11.3 Å². The van der Waals surface area contributed by atoms with Gasteiger partial charge in [0.1, 0.15) is 5.69 Å². The Morgan fingerprint density at radius 1 is 1.11 bits per heavy atom. The molecule has 2 aromatic heterocycles. The van der Waals surface area contributed by atoms with E-state index in [0.717, 1.165) is 29.3 Å². The van der Waals surface area contributed by atoms with E-state index in [2.05, 4.69) is 9.88 Å². The molecular formula is C21H24N4O2S. The van der Waals surface area contributed by atoms with Crippen LogP contribution in [0.25, 0.3) is 16.2 Å². The number of β-amino-alcohol motifs (C(OH)–C–C–N with tert-alkyl or cyclic N) is 1. The molecule has 4 heterocycles. The topological polar surface area (TPSA) is 61.1 Å². The van der Waals surface area contributed by atoms with Crippen LogP contribution in [-0.2, 0) is 0 Å². The fourth-order valence-corrected chi connectivity index (χ4v) is 5.24. The van der Waals surface area contributed by atoms with Crippen LogP contribution in [0, 0.1) is 0 Å². The summed E-state index contributed by atoms with van der Waals surface area (Å²) in [6, 6.07) is 10.1. The number of benzene rings is 1. The van der Waals surface area contributed by atoms with E-state index in [4.69, 9.17) is 0 Å². The lowest BCUT2D eigenvalue weighted by Crippen LogP contribution is -2.46. The smallest absolute Gasteiger partial charge is 0.271 e. The highest BCUT2D eigenvalue weighted by Gasteiger charge is 2.38. The van der Waals surface area contributed by atoms with Gasteiger partial charge in [-0.1, -0.05) is 36.8 Å². The van der Waals surface area contributed by atoms with E-state index >= 15 is 0 Å². The minimum absolute atomic E-state index is 0.0261. The van der Waals surface area contributed by atoms with Gasteiger partial charge in [0.15, 0.2) is 4.96 Å². The van der Waals surface area contributed by atoms with Gasteiger partial charge in [0.05, 0.1) is 17.8 Å². The second-order valence-corrected chi connectivity index (χ2v) is 8.54. The Bertz CT molecular complexity index is 977. The second-order valence-electron chi connectivity index (χ2n) is 7.71. The summed E-state index contributed by atoms with van der Waals surface area (Å²) < 4.78 is 1.88. The van der Waals surface area contributed by atoms with Crippen LogP contribution in [0.5, 0.6) is 0 Å². The first-order valence-corrected chi connectivity index (χ1v) is 10.8. The Morgan fingerprint density at radius 2 is 1.89 bits per heavy atom. The molecule has 1 amide bonds. The summed E-state index contributed by atoms with van der Waals surface area (Å²) in [7, 11) is 0. The molecule has 1 aromatic carbocycles. The number of imidazole rings is 1. The molecule has 2 saturated heterocycles. The van der Waals surface area contributed by atoms with Gasteiger partial charge in [0, 0.05) is 30.2 Å². The number of nitrogens with zero attached hydrogens (tertiary/aromatic N) is 4. The highest BCUT2D eigenvalue weighted by atomic mass is 32.1. The van der Waals surface area contributed by atoms with Crippen molar-refractivity contribution < 1.29 is 9.90 Å². The van der Waals surface area contributed by atoms with Crippen molar-refractivity contribution in [2.75, 3.05) is 26.2 Å². The Kier molecular flexibility index (Phi) is 4.66. The molecule has 2 atom stereocenters. The van der Waals surface area contributed by atoms with Crippen molar-refractivity contribution in [3.63, 3.8) is 0 Å². The Labute approximate surface area is 168 Å². The highest BCUT2D eigenvalue weighted by molar-refractivity contribution is 7.15. The number of aromatic nitrogens is 2. The van der Waals surface area contributed by atoms with Gasteiger partial charge in [-0.05, 0) is 25.9 Å². The van der Waals surface area contributed by atoms with E-state index in [9.17, 15) is 9.90 Å². The van der Waals surface area contributed by atoms with E-state index in [1.54, 1.807) is 4.90 Å². The van der Waals surface area contributed by atoms with Crippen molar-refractivity contribution in [2.24, 2.45) is 0 Å². The number of amides is 1. The van der Waals surface area contributed by atoms with Crippen LogP contribution in [-0.4, -0.2) is 68.5 Å². The van der Waals surface area contributed by atoms with E-state index in [1.807, 2.05) is 46.3 Å². The summed E-state index contributed by atoms with van der Waals surface area (Å²) in [4.78, 5) is 22.8. The number of likely N-dealkylation sites (tertiary alicyclic amines) is 2. The zero-order valence-corrected chi connectivity index (χ0v) is 16.5. The third-order valence-corrected chi connectivity index (χ3v) is 6.74. The minimum Gasteiger partial charge on any atom is -0.390 e. The lowest BCUT2D eigenvalue weighted by Gasteiger charge is -2.33. The zero-order chi connectivity index (χ0) is 19.1. The van der Waals surface area contributed by atoms with Crippen LogP contribution < -0.4 is 0 Å². The third-order valence-electron chi connectivity index (χ3n) is 5.90. The first kappa shape index (κ1) is 17.8. The average Bonchev–Trinajstić information content (AvgIpc) is 3.43. The molecule has 28 heavy (non-hydrogen) atoms. The van der Waals surface area contributed by atoms with E-state index in [0.29, 0.717) is 18.8 Å². The molecule has 2 fully saturated rings. The Hall–Kier alpha value is -2.22. The maximum atomic E-state index is 13.2. The van der Waals surface area contributed by atoms with E-state index < -0.39 is 6.10 Å². The van der Waals surface area contributed by atoms with Crippen LogP contribution in [0.4, 0.5) is 0 Å². The summed E-state index contributed by atoms with van der Waals surface area (Å²) in [5.74, 6) is -0.0261. The maximum Gasteiger partial charge on any atom is 0.271 e. The third kappa shape index (κ3) is 3.13. The number of rotatable bonds is 3. The van der Waals surface area contributed by atoms with Gasteiger partial charge in [0.25, 0.3) is 5.91 Å². The van der Waals surface area contributed by atoms with Crippen molar-refractivity contribution in [1.82, 2.24) is 19.2 Å². The van der Waals surface area contributed by atoms with Crippen molar-refractivity contribution in [2.45, 2.75) is 31.4 Å². The lowest BCUT2D eigenvalue weighted by molar-refractivity contribution is 0.0702. The number of hydrogen-bond donors (Lipinski definition) is 1. The largest absolute Gasteiger partial charge is 0.390 e. The number of piperidine rings is 1. The van der Waals surface area contributed by atoms with Crippen LogP contribution >= 0.6 is 11.3 Å². The lowest BCUT2D eigenvalue weighted by atomic mass is 10.1. The fourth-order valence-electron chi connectivity index (χ4n) is 4.39. The monoisotopic (exact) mass is 396 g/mol. The molecule has 0 saturated carbocycles. The van der Waals surface area contributed by atoms with Crippen LogP contribution in [0.15, 0.2) is 41.9 Å². The van der Waals surface area contributed by atoms with Gasteiger partial charge >= 0.3 is 0 Å². The van der Waals surface area contributed by atoms with Gasteiger partial charge in [-0.2, -0.15) is 0 Å². The molecule has 5 rings (SSSR count). The van der Waals surface area contributed by atoms with Crippen molar-refractivity contribution in [3.05, 3.63) is 47.6 Å². The predicted molar refractivity (Wildman–Crippen MR) is 110 cm³/mol. The van der Waals surface area contributed by atoms with Crippen LogP contribution in [0.3, 0.4) is 0 Å². The number of hydrogen-bond acceptors (Lipinski definition) is 5. The Morgan fingerprint density at radius 3 is 2.68 bits per heavy atom. The number of aliphatic hydroxyl groups is 1. The minimum atomic E-state index is -0.473. The van der Waals surface area contributed by atoms with Gasteiger partial charge < -0.3 is 10.0 Å². The molecular weight excluding hydrogens is 372 g/mol. The molecule has 1 N–H and O–H groups in total. The number of thiazole rings is 1. The van der Waals surface area contributed by atoms with Crippen molar-refractivity contribution >= 4 is 22.2 Å². The summed E-state index contributed by atoms with van der Waals surface area (Å²) in [6.45, 7) is 3.04. The molecule has 146 valence electrons. The SMILES string of the molecule is O=C(c1csc2nc(-c3ccccc3)cn12)N1C[C@@H](O)[C@H](N2CCCCC2)C1. The molecule has 7 heteroatoms. The molecule has 3 aromatic rings. The Balaban J connectivity index is 1.38. The molecule has 0 unspecified atom stereocenters.